The molecule has 0 aliphatic rings. The van der Waals surface area contributed by atoms with Gasteiger partial charge in [-0.15, -0.1) is 0 Å². The summed E-state index contributed by atoms with van der Waals surface area (Å²) < 4.78 is 14.9. The Morgan fingerprint density at radius 3 is 2.54 bits per heavy atom. The molecule has 0 atom stereocenters. The molecule has 0 unspecified atom stereocenters. The van der Waals surface area contributed by atoms with Crippen molar-refractivity contribution in [3.05, 3.63) is 52.6 Å². The molecule has 1 N–H and O–H groups in total. The van der Waals surface area contributed by atoms with E-state index in [9.17, 15) is 9.18 Å². The first-order valence-electron chi connectivity index (χ1n) is 8.18. The molecule has 0 aliphatic heterocycles. The van der Waals surface area contributed by atoms with Crippen LogP contribution in [0.2, 0.25) is 0 Å². The summed E-state index contributed by atoms with van der Waals surface area (Å²) in [6, 6.07) is 5.98. The number of halogens is 1. The van der Waals surface area contributed by atoms with E-state index < -0.39 is 0 Å². The van der Waals surface area contributed by atoms with Crippen molar-refractivity contribution in [1.29, 1.82) is 0 Å². The van der Waals surface area contributed by atoms with Crippen molar-refractivity contribution in [3.63, 3.8) is 0 Å². The van der Waals surface area contributed by atoms with Crippen molar-refractivity contribution < 1.29 is 9.18 Å². The Kier molecular flexibility index (Phi) is 5.95. The molecule has 0 bridgehead atoms. The second-order valence-corrected chi connectivity index (χ2v) is 5.92. The summed E-state index contributed by atoms with van der Waals surface area (Å²) >= 11 is 0. The van der Waals surface area contributed by atoms with Gasteiger partial charge in [-0.25, -0.2) is 9.18 Å². The quantitative estimate of drug-likeness (QED) is 0.884. The maximum atomic E-state index is 12.9. The van der Waals surface area contributed by atoms with Crippen LogP contribution in [0.3, 0.4) is 0 Å². The number of likely N-dealkylation sites (N-methyl/N-ethyl adjacent to an activating group) is 1. The lowest BCUT2D eigenvalue weighted by Crippen LogP contribution is -2.38. The van der Waals surface area contributed by atoms with Crippen LogP contribution in [0.25, 0.3) is 0 Å². The fraction of sp³-hybridized carbons (Fsp3) is 0.444. The average molecular weight is 332 g/mol. The number of hydrogen-bond donors (Lipinski definition) is 1. The SMILES string of the molecule is CCn1nc(C)c(CCN(C)C(=O)NCc2ccc(F)cc2)c1C. The molecule has 1 aromatic carbocycles. The van der Waals surface area contributed by atoms with E-state index in [0.29, 0.717) is 13.1 Å². The summed E-state index contributed by atoms with van der Waals surface area (Å²) in [5, 5.41) is 7.35. The first-order chi connectivity index (χ1) is 11.4. The number of carbonyl (C=O) groups is 1. The molecule has 2 aromatic rings. The fourth-order valence-corrected chi connectivity index (χ4v) is 2.70. The van der Waals surface area contributed by atoms with E-state index in [0.717, 1.165) is 29.9 Å². The predicted molar refractivity (Wildman–Crippen MR) is 92.3 cm³/mol. The van der Waals surface area contributed by atoms with Gasteiger partial charge in [0.25, 0.3) is 0 Å². The number of amides is 2. The van der Waals surface area contributed by atoms with Gasteiger partial charge < -0.3 is 10.2 Å². The number of urea groups is 1. The van der Waals surface area contributed by atoms with Gasteiger partial charge in [0.1, 0.15) is 5.82 Å². The Hall–Kier alpha value is -2.37. The highest BCUT2D eigenvalue weighted by molar-refractivity contribution is 5.73. The maximum absolute atomic E-state index is 12.9. The predicted octanol–water partition coefficient (Wildman–Crippen LogP) is 3.04. The van der Waals surface area contributed by atoms with Gasteiger partial charge in [-0.2, -0.15) is 5.10 Å². The maximum Gasteiger partial charge on any atom is 0.317 e. The van der Waals surface area contributed by atoms with Gasteiger partial charge in [-0.05, 0) is 50.5 Å². The molecule has 0 aliphatic carbocycles. The van der Waals surface area contributed by atoms with Crippen LogP contribution in [0.15, 0.2) is 24.3 Å². The lowest BCUT2D eigenvalue weighted by atomic mass is 10.1. The highest BCUT2D eigenvalue weighted by Gasteiger charge is 2.13. The van der Waals surface area contributed by atoms with Crippen LogP contribution in [0.4, 0.5) is 9.18 Å². The van der Waals surface area contributed by atoms with E-state index in [1.54, 1.807) is 24.1 Å². The summed E-state index contributed by atoms with van der Waals surface area (Å²) in [4.78, 5) is 13.8. The minimum Gasteiger partial charge on any atom is -0.334 e. The van der Waals surface area contributed by atoms with Gasteiger partial charge >= 0.3 is 6.03 Å². The summed E-state index contributed by atoms with van der Waals surface area (Å²) in [6.07, 6.45) is 0.776. The lowest BCUT2D eigenvalue weighted by Gasteiger charge is -2.18. The fourth-order valence-electron chi connectivity index (χ4n) is 2.70. The van der Waals surface area contributed by atoms with Gasteiger partial charge in [-0.1, -0.05) is 12.1 Å². The van der Waals surface area contributed by atoms with Crippen LogP contribution >= 0.6 is 0 Å². The van der Waals surface area contributed by atoms with Crippen molar-refractivity contribution in [1.82, 2.24) is 20.0 Å². The molecule has 130 valence electrons. The summed E-state index contributed by atoms with van der Waals surface area (Å²) in [5.74, 6) is -0.277. The van der Waals surface area contributed by atoms with Crippen LogP contribution in [0.5, 0.6) is 0 Å². The summed E-state index contributed by atoms with van der Waals surface area (Å²) in [7, 11) is 1.77. The standard InChI is InChI=1S/C18H25FN4O/c1-5-23-14(3)17(13(2)21-23)10-11-22(4)18(24)20-12-15-6-8-16(19)9-7-15/h6-9H,5,10-12H2,1-4H3,(H,20,24). The second-order valence-electron chi connectivity index (χ2n) is 5.92. The summed E-state index contributed by atoms with van der Waals surface area (Å²) in [6.45, 7) is 7.98. The number of nitrogens with zero attached hydrogens (tertiary/aromatic N) is 3. The van der Waals surface area contributed by atoms with Gasteiger partial charge in [0, 0.05) is 32.4 Å². The molecular weight excluding hydrogens is 307 g/mol. The Balaban J connectivity index is 1.85. The molecule has 6 heteroatoms. The number of rotatable bonds is 6. The number of benzene rings is 1. The van der Waals surface area contributed by atoms with Crippen LogP contribution in [0, 0.1) is 19.7 Å². The van der Waals surface area contributed by atoms with Crippen molar-refractivity contribution in [2.45, 2.75) is 40.3 Å². The highest BCUT2D eigenvalue weighted by Crippen LogP contribution is 2.14. The van der Waals surface area contributed by atoms with Crippen molar-refractivity contribution in [2.75, 3.05) is 13.6 Å². The van der Waals surface area contributed by atoms with E-state index in [2.05, 4.69) is 24.3 Å². The molecule has 1 aromatic heterocycles. The largest absolute Gasteiger partial charge is 0.334 e. The van der Waals surface area contributed by atoms with Crippen molar-refractivity contribution in [3.8, 4) is 0 Å². The van der Waals surface area contributed by atoms with Gasteiger partial charge in [0.2, 0.25) is 0 Å². The topological polar surface area (TPSA) is 50.2 Å². The van der Waals surface area contributed by atoms with Crippen LogP contribution < -0.4 is 5.32 Å². The zero-order chi connectivity index (χ0) is 17.7. The van der Waals surface area contributed by atoms with Crippen molar-refractivity contribution in [2.24, 2.45) is 0 Å². The average Bonchev–Trinajstić information content (AvgIpc) is 2.85. The Labute approximate surface area is 142 Å². The summed E-state index contributed by atoms with van der Waals surface area (Å²) in [5.41, 5.74) is 4.26. The first-order valence-corrected chi connectivity index (χ1v) is 8.18. The van der Waals surface area contributed by atoms with Crippen LogP contribution in [0.1, 0.15) is 29.4 Å². The molecule has 0 saturated carbocycles. The number of carbonyl (C=O) groups excluding carboxylic acids is 1. The molecule has 0 saturated heterocycles. The lowest BCUT2D eigenvalue weighted by molar-refractivity contribution is 0.209. The normalized spacial score (nSPS) is 10.7. The van der Waals surface area contributed by atoms with E-state index in [1.807, 2.05) is 11.6 Å². The Bertz CT molecular complexity index is 694. The molecule has 0 spiro atoms. The molecule has 2 amide bonds. The smallest absolute Gasteiger partial charge is 0.317 e. The number of hydrogen-bond acceptors (Lipinski definition) is 2. The van der Waals surface area contributed by atoms with Gasteiger partial charge in [0.05, 0.1) is 5.69 Å². The number of aromatic nitrogens is 2. The molecule has 1 heterocycles. The molecule has 24 heavy (non-hydrogen) atoms. The third-order valence-corrected chi connectivity index (χ3v) is 4.23. The monoisotopic (exact) mass is 332 g/mol. The van der Waals surface area contributed by atoms with Crippen LogP contribution in [-0.4, -0.2) is 34.3 Å². The zero-order valence-electron chi connectivity index (χ0n) is 14.8. The van der Waals surface area contributed by atoms with E-state index >= 15 is 0 Å². The Morgan fingerprint density at radius 2 is 1.96 bits per heavy atom. The first kappa shape index (κ1) is 18.0. The molecule has 0 radical (unpaired) electrons. The van der Waals surface area contributed by atoms with Crippen LogP contribution in [-0.2, 0) is 19.5 Å². The Morgan fingerprint density at radius 1 is 1.29 bits per heavy atom. The van der Waals surface area contributed by atoms with E-state index in [-0.39, 0.29) is 11.8 Å². The number of aryl methyl sites for hydroxylation is 2. The molecule has 5 nitrogen and oxygen atoms in total. The second kappa shape index (κ2) is 7.95. The number of nitrogens with one attached hydrogen (secondary N) is 1. The van der Waals surface area contributed by atoms with Gasteiger partial charge in [0.15, 0.2) is 0 Å². The molecule has 0 fully saturated rings. The minimum atomic E-state index is -0.277. The molecular formula is C18H25FN4O. The van der Waals surface area contributed by atoms with Gasteiger partial charge in [-0.3, -0.25) is 4.68 Å². The van der Waals surface area contributed by atoms with E-state index in [4.69, 9.17) is 0 Å². The zero-order valence-corrected chi connectivity index (χ0v) is 14.8. The van der Waals surface area contributed by atoms with E-state index in [1.165, 1.54) is 17.7 Å². The third kappa shape index (κ3) is 4.34. The highest BCUT2D eigenvalue weighted by atomic mass is 19.1. The van der Waals surface area contributed by atoms with Crippen molar-refractivity contribution >= 4 is 6.03 Å². The minimum absolute atomic E-state index is 0.141. The molecule has 2 rings (SSSR count). The third-order valence-electron chi connectivity index (χ3n) is 4.23.